The maximum Gasteiger partial charge on any atom is 0.434 e. The van der Waals surface area contributed by atoms with Crippen LogP contribution in [-0.4, -0.2) is 23.2 Å². The van der Waals surface area contributed by atoms with Gasteiger partial charge in [-0.1, -0.05) is 24.3 Å². The second kappa shape index (κ2) is 7.47. The molecule has 1 aromatic heterocycles. The Kier molecular flexibility index (Phi) is 5.58. The molecule has 2 rings (SSSR count). The number of hydrogen-bond donors (Lipinski definition) is 1. The molecule has 25 heavy (non-hydrogen) atoms. The number of methoxy groups -OCH3 is 1. The van der Waals surface area contributed by atoms with Crippen molar-refractivity contribution in [1.82, 2.24) is 4.98 Å². The lowest BCUT2D eigenvalue weighted by Crippen LogP contribution is -2.05. The predicted molar refractivity (Wildman–Crippen MR) is 85.2 cm³/mol. The number of hydrogen-bond acceptors (Lipinski definition) is 4. The Morgan fingerprint density at radius 3 is 2.56 bits per heavy atom. The number of alkyl halides is 3. The van der Waals surface area contributed by atoms with Crippen molar-refractivity contribution in [3.8, 4) is 0 Å². The largest absolute Gasteiger partial charge is 0.503 e. The number of carboxylic acids is 1. The molecule has 1 aromatic carbocycles. The van der Waals surface area contributed by atoms with Crippen molar-refractivity contribution in [2.75, 3.05) is 7.11 Å². The highest BCUT2D eigenvalue weighted by molar-refractivity contribution is 7.10. The highest BCUT2D eigenvalue weighted by Gasteiger charge is 2.34. The van der Waals surface area contributed by atoms with Gasteiger partial charge in [-0.3, -0.25) is 0 Å². The molecule has 0 saturated carbocycles. The topological polar surface area (TPSA) is 59.4 Å². The summed E-state index contributed by atoms with van der Waals surface area (Å²) in [5.74, 6) is -2.30. The van der Waals surface area contributed by atoms with Crippen molar-refractivity contribution < 1.29 is 32.2 Å². The molecule has 4 nitrogen and oxygen atoms in total. The fraction of sp³-hybridized carbons (Fsp3) is 0.125. The number of nitrogens with zero attached hydrogens (tertiary/aromatic N) is 1. The number of aliphatic carboxylic acids is 1. The number of halogens is 4. The second-order valence-corrected chi connectivity index (χ2v) is 5.55. The molecular formula is C16H11F4NO3S. The Morgan fingerprint density at radius 2 is 2.00 bits per heavy atom. The van der Waals surface area contributed by atoms with E-state index in [1.54, 1.807) is 6.07 Å². The first-order valence-electron chi connectivity index (χ1n) is 6.70. The van der Waals surface area contributed by atoms with Crippen molar-refractivity contribution in [3.63, 3.8) is 0 Å². The number of thiazole rings is 1. The Balaban J connectivity index is 2.46. The molecule has 0 unspecified atom stereocenters. The molecule has 1 heterocycles. The maximum atomic E-state index is 14.3. The average molecular weight is 373 g/mol. The van der Waals surface area contributed by atoms with Gasteiger partial charge in [0.05, 0.1) is 13.4 Å². The third kappa shape index (κ3) is 4.44. The zero-order valence-electron chi connectivity index (χ0n) is 12.7. The molecule has 0 aliphatic rings. The van der Waals surface area contributed by atoms with E-state index >= 15 is 0 Å². The molecule has 1 N–H and O–H groups in total. The van der Waals surface area contributed by atoms with E-state index in [2.05, 4.69) is 4.98 Å². The molecule has 0 bridgehead atoms. The SMILES string of the molecule is COC=C(C(=O)O)c1ccccc1C=C(F)c1nc(C(F)(F)F)cs1. The van der Waals surface area contributed by atoms with Crippen molar-refractivity contribution in [3.05, 3.63) is 57.7 Å². The Labute approximate surface area is 143 Å². The van der Waals surface area contributed by atoms with Crippen molar-refractivity contribution in [2.45, 2.75) is 6.18 Å². The minimum absolute atomic E-state index is 0.152. The highest BCUT2D eigenvalue weighted by atomic mass is 32.1. The number of benzene rings is 1. The standard InChI is InChI=1S/C16H11F4NO3S/c1-24-7-11(15(22)23)10-5-3-2-4-9(10)6-12(17)14-21-13(8-25-14)16(18,19)20/h2-8H,1H3,(H,22,23). The first kappa shape index (κ1) is 18.7. The maximum absolute atomic E-state index is 14.3. The van der Waals surface area contributed by atoms with E-state index < -0.39 is 28.7 Å². The zero-order chi connectivity index (χ0) is 18.6. The number of ether oxygens (including phenoxy) is 1. The molecule has 0 spiro atoms. The van der Waals surface area contributed by atoms with Gasteiger partial charge in [0.2, 0.25) is 0 Å². The van der Waals surface area contributed by atoms with Crippen LogP contribution >= 0.6 is 11.3 Å². The van der Waals surface area contributed by atoms with Crippen molar-refractivity contribution in [1.29, 1.82) is 0 Å². The summed E-state index contributed by atoms with van der Waals surface area (Å²) in [4.78, 5) is 14.5. The van der Waals surface area contributed by atoms with Crippen LogP contribution in [0.5, 0.6) is 0 Å². The van der Waals surface area contributed by atoms with Crippen LogP contribution in [-0.2, 0) is 15.7 Å². The fourth-order valence-electron chi connectivity index (χ4n) is 1.93. The van der Waals surface area contributed by atoms with E-state index in [0.29, 0.717) is 16.7 Å². The average Bonchev–Trinajstić information content (AvgIpc) is 3.03. The van der Waals surface area contributed by atoms with Gasteiger partial charge in [0, 0.05) is 5.38 Å². The van der Waals surface area contributed by atoms with Crippen LogP contribution in [0, 0.1) is 0 Å². The van der Waals surface area contributed by atoms with E-state index in [4.69, 9.17) is 4.74 Å². The summed E-state index contributed by atoms with van der Waals surface area (Å²) < 4.78 is 56.7. The summed E-state index contributed by atoms with van der Waals surface area (Å²) in [6.07, 6.45) is -2.75. The van der Waals surface area contributed by atoms with Gasteiger partial charge in [-0.25, -0.2) is 14.2 Å². The lowest BCUT2D eigenvalue weighted by Gasteiger charge is -2.07. The first-order valence-corrected chi connectivity index (χ1v) is 7.58. The first-order chi connectivity index (χ1) is 11.7. The summed E-state index contributed by atoms with van der Waals surface area (Å²) in [5.41, 5.74) is -1.10. The van der Waals surface area contributed by atoms with Crippen LogP contribution in [0.3, 0.4) is 0 Å². The van der Waals surface area contributed by atoms with Gasteiger partial charge in [0.1, 0.15) is 5.57 Å². The molecule has 2 aromatic rings. The van der Waals surface area contributed by atoms with Crippen LogP contribution < -0.4 is 0 Å². The van der Waals surface area contributed by atoms with Crippen molar-refractivity contribution >= 4 is 34.8 Å². The third-order valence-electron chi connectivity index (χ3n) is 3.00. The molecule has 0 aliphatic carbocycles. The normalized spacial score (nSPS) is 13.0. The number of rotatable bonds is 5. The number of carbonyl (C=O) groups is 1. The van der Waals surface area contributed by atoms with E-state index in [0.717, 1.165) is 12.3 Å². The molecule has 0 atom stereocenters. The predicted octanol–water partition coefficient (Wildman–Crippen LogP) is 4.70. The fourth-order valence-corrected chi connectivity index (χ4v) is 2.66. The van der Waals surface area contributed by atoms with Gasteiger partial charge in [0.25, 0.3) is 0 Å². The molecule has 9 heteroatoms. The molecule has 0 radical (unpaired) electrons. The number of aromatic nitrogens is 1. The van der Waals surface area contributed by atoms with E-state index in [-0.39, 0.29) is 16.7 Å². The summed E-state index contributed by atoms with van der Waals surface area (Å²) in [6, 6.07) is 5.95. The van der Waals surface area contributed by atoms with Crippen LogP contribution in [0.1, 0.15) is 21.8 Å². The zero-order valence-corrected chi connectivity index (χ0v) is 13.5. The summed E-state index contributed by atoms with van der Waals surface area (Å²) in [6.45, 7) is 0. The lowest BCUT2D eigenvalue weighted by molar-refractivity contribution is -0.140. The molecule has 132 valence electrons. The van der Waals surface area contributed by atoms with Crippen molar-refractivity contribution in [2.24, 2.45) is 0 Å². The lowest BCUT2D eigenvalue weighted by atomic mass is 10.00. The minimum Gasteiger partial charge on any atom is -0.503 e. The Morgan fingerprint density at radius 1 is 1.32 bits per heavy atom. The van der Waals surface area contributed by atoms with Gasteiger partial charge in [-0.15, -0.1) is 11.3 Å². The van der Waals surface area contributed by atoms with Gasteiger partial charge in [-0.05, 0) is 17.2 Å². The van der Waals surface area contributed by atoms with E-state index in [9.17, 15) is 27.5 Å². The second-order valence-electron chi connectivity index (χ2n) is 4.69. The minimum atomic E-state index is -4.66. The summed E-state index contributed by atoms with van der Waals surface area (Å²) in [7, 11) is 1.26. The van der Waals surface area contributed by atoms with Crippen LogP contribution in [0.15, 0.2) is 35.9 Å². The van der Waals surface area contributed by atoms with Crippen LogP contribution in [0.2, 0.25) is 0 Å². The van der Waals surface area contributed by atoms with Gasteiger partial charge >= 0.3 is 12.1 Å². The smallest absolute Gasteiger partial charge is 0.434 e. The Hall–Kier alpha value is -2.68. The molecule has 0 fully saturated rings. The van der Waals surface area contributed by atoms with Gasteiger partial charge in [-0.2, -0.15) is 13.2 Å². The highest BCUT2D eigenvalue weighted by Crippen LogP contribution is 2.33. The van der Waals surface area contributed by atoms with Gasteiger partial charge < -0.3 is 9.84 Å². The summed E-state index contributed by atoms with van der Waals surface area (Å²) >= 11 is 0.505. The Bertz CT molecular complexity index is 840. The quantitative estimate of drug-likeness (QED) is 0.469. The number of carboxylic acid groups (broad SMARTS) is 1. The third-order valence-corrected chi connectivity index (χ3v) is 3.85. The monoisotopic (exact) mass is 373 g/mol. The van der Waals surface area contributed by atoms with E-state index in [1.165, 1.54) is 25.3 Å². The van der Waals surface area contributed by atoms with Crippen LogP contribution in [0.4, 0.5) is 17.6 Å². The molecule has 0 saturated heterocycles. The van der Waals surface area contributed by atoms with Crippen LogP contribution in [0.25, 0.3) is 17.5 Å². The molecule has 0 amide bonds. The summed E-state index contributed by atoms with van der Waals surface area (Å²) in [5, 5.41) is 9.49. The van der Waals surface area contributed by atoms with E-state index in [1.807, 2.05) is 0 Å². The molecular weight excluding hydrogens is 362 g/mol. The van der Waals surface area contributed by atoms with Gasteiger partial charge in [0.15, 0.2) is 16.5 Å². The molecule has 0 aliphatic heterocycles.